The van der Waals surface area contributed by atoms with Gasteiger partial charge in [-0.1, -0.05) is 51.5 Å². The summed E-state index contributed by atoms with van der Waals surface area (Å²) in [5.41, 5.74) is 2.87. The average molecular weight is 411 g/mol. The van der Waals surface area contributed by atoms with Crippen molar-refractivity contribution in [1.29, 1.82) is 0 Å². The predicted octanol–water partition coefficient (Wildman–Crippen LogP) is 3.84. The van der Waals surface area contributed by atoms with E-state index in [0.717, 1.165) is 37.8 Å². The molecule has 3 unspecified atom stereocenters. The Morgan fingerprint density at radius 1 is 1.07 bits per heavy atom. The molecule has 0 radical (unpaired) electrons. The van der Waals surface area contributed by atoms with Crippen molar-refractivity contribution in [2.45, 2.75) is 64.0 Å². The summed E-state index contributed by atoms with van der Waals surface area (Å²) in [6.45, 7) is 7.87. The van der Waals surface area contributed by atoms with Gasteiger partial charge in [0.2, 0.25) is 0 Å². The second-order valence-electron chi connectivity index (χ2n) is 10.2. The Bertz CT molecular complexity index is 863. The summed E-state index contributed by atoms with van der Waals surface area (Å²) in [5.74, 6) is 0.211. The monoisotopic (exact) mass is 410 g/mol. The summed E-state index contributed by atoms with van der Waals surface area (Å²) < 4.78 is 6.22. The van der Waals surface area contributed by atoms with Gasteiger partial charge < -0.3 is 14.5 Å². The first-order valence-electron chi connectivity index (χ1n) is 11.2. The number of hydrogen-bond acceptors (Lipinski definition) is 4. The van der Waals surface area contributed by atoms with Crippen LogP contribution in [0.1, 0.15) is 63.6 Å². The first-order chi connectivity index (χ1) is 14.2. The van der Waals surface area contributed by atoms with Gasteiger partial charge in [-0.25, -0.2) is 0 Å². The van der Waals surface area contributed by atoms with E-state index in [2.05, 4.69) is 49.9 Å². The zero-order valence-corrected chi connectivity index (χ0v) is 18.9. The highest BCUT2D eigenvalue weighted by Gasteiger charge is 2.51. The zero-order chi connectivity index (χ0) is 21.6. The van der Waals surface area contributed by atoms with Crippen LogP contribution in [-0.4, -0.2) is 54.8 Å². The molecule has 4 rings (SSSR count). The minimum Gasteiger partial charge on any atom is -0.483 e. The molecule has 5 heteroatoms. The van der Waals surface area contributed by atoms with Crippen LogP contribution in [0.3, 0.4) is 0 Å². The normalized spacial score (nSPS) is 26.7. The lowest BCUT2D eigenvalue weighted by atomic mass is 9.77. The lowest BCUT2D eigenvalue weighted by Crippen LogP contribution is -2.39. The molecule has 30 heavy (non-hydrogen) atoms. The van der Waals surface area contributed by atoms with Crippen LogP contribution in [-0.2, 0) is 19.7 Å². The number of nitrogens with zero attached hydrogens (tertiary/aromatic N) is 2. The lowest BCUT2D eigenvalue weighted by molar-refractivity contribution is -0.135. The molecule has 1 fully saturated rings. The van der Waals surface area contributed by atoms with Crippen LogP contribution in [0.25, 0.3) is 0 Å². The number of ketones is 1. The maximum atomic E-state index is 13.6. The van der Waals surface area contributed by atoms with Crippen molar-refractivity contribution < 1.29 is 14.3 Å². The molecular weight excluding hydrogens is 376 g/mol. The number of fused-ring (bicyclic) bond motifs is 1. The highest BCUT2D eigenvalue weighted by molar-refractivity contribution is 6.11. The van der Waals surface area contributed by atoms with Crippen molar-refractivity contribution in [3.8, 4) is 0 Å². The molecule has 1 aromatic rings. The van der Waals surface area contributed by atoms with Gasteiger partial charge in [0.05, 0.1) is 17.5 Å². The number of carbonyl (C=O) groups is 2. The summed E-state index contributed by atoms with van der Waals surface area (Å²) >= 11 is 0. The van der Waals surface area contributed by atoms with E-state index < -0.39 is 0 Å². The van der Waals surface area contributed by atoms with E-state index in [4.69, 9.17) is 4.74 Å². The van der Waals surface area contributed by atoms with E-state index in [1.807, 2.05) is 19.0 Å². The van der Waals surface area contributed by atoms with Crippen LogP contribution in [0.15, 0.2) is 35.6 Å². The fraction of sp³-hybridized carbons (Fsp3) is 0.600. The first kappa shape index (κ1) is 21.1. The molecule has 5 nitrogen and oxygen atoms in total. The molecule has 2 aliphatic heterocycles. The number of benzene rings is 1. The summed E-state index contributed by atoms with van der Waals surface area (Å²) in [4.78, 5) is 30.8. The van der Waals surface area contributed by atoms with E-state index in [1.54, 1.807) is 0 Å². The highest BCUT2D eigenvalue weighted by atomic mass is 16.5. The van der Waals surface area contributed by atoms with Crippen LogP contribution in [0, 0.1) is 5.92 Å². The van der Waals surface area contributed by atoms with E-state index >= 15 is 0 Å². The van der Waals surface area contributed by atoms with E-state index in [-0.39, 0.29) is 35.2 Å². The molecule has 0 aromatic heterocycles. The SMILES string of the molecule is CN(C)CCN1C(=O)C2=C(C(=O)C3CCCCC3O2)C1c1ccc(C(C)(C)C)cc1. The Labute approximate surface area is 180 Å². The molecule has 3 atom stereocenters. The minimum atomic E-state index is -0.350. The van der Waals surface area contributed by atoms with E-state index in [9.17, 15) is 9.59 Å². The number of amides is 1. The van der Waals surface area contributed by atoms with Crippen LogP contribution >= 0.6 is 0 Å². The predicted molar refractivity (Wildman–Crippen MR) is 117 cm³/mol. The van der Waals surface area contributed by atoms with Crippen LogP contribution in [0.2, 0.25) is 0 Å². The Morgan fingerprint density at radius 3 is 2.37 bits per heavy atom. The molecule has 1 aliphatic carbocycles. The fourth-order valence-electron chi connectivity index (χ4n) is 4.94. The third-order valence-electron chi connectivity index (χ3n) is 6.74. The van der Waals surface area contributed by atoms with Gasteiger partial charge in [0.1, 0.15) is 6.10 Å². The Morgan fingerprint density at radius 2 is 1.73 bits per heavy atom. The van der Waals surface area contributed by atoms with Gasteiger partial charge in [0.15, 0.2) is 11.5 Å². The molecule has 0 N–H and O–H groups in total. The maximum absolute atomic E-state index is 13.6. The molecule has 1 aromatic carbocycles. The summed E-state index contributed by atoms with van der Waals surface area (Å²) in [6, 6.07) is 8.06. The van der Waals surface area contributed by atoms with Crippen molar-refractivity contribution in [2.24, 2.45) is 5.92 Å². The largest absolute Gasteiger partial charge is 0.483 e. The third-order valence-corrected chi connectivity index (χ3v) is 6.74. The van der Waals surface area contributed by atoms with Crippen molar-refractivity contribution in [3.63, 3.8) is 0 Å². The average Bonchev–Trinajstić information content (AvgIpc) is 2.98. The smallest absolute Gasteiger partial charge is 0.290 e. The molecule has 3 aliphatic rings. The Hall–Kier alpha value is -2.14. The van der Waals surface area contributed by atoms with Gasteiger partial charge in [0, 0.05) is 13.1 Å². The van der Waals surface area contributed by atoms with Gasteiger partial charge in [-0.15, -0.1) is 0 Å². The van der Waals surface area contributed by atoms with Gasteiger partial charge in [0.25, 0.3) is 5.91 Å². The molecular formula is C25H34N2O3. The lowest BCUT2D eigenvalue weighted by Gasteiger charge is -2.35. The van der Waals surface area contributed by atoms with Crippen molar-refractivity contribution >= 4 is 11.7 Å². The van der Waals surface area contributed by atoms with Crippen LogP contribution in [0.4, 0.5) is 0 Å². The van der Waals surface area contributed by atoms with Gasteiger partial charge in [-0.2, -0.15) is 0 Å². The zero-order valence-electron chi connectivity index (χ0n) is 18.9. The van der Waals surface area contributed by atoms with Crippen molar-refractivity contribution in [1.82, 2.24) is 9.80 Å². The summed E-state index contributed by atoms with van der Waals surface area (Å²) in [7, 11) is 3.99. The topological polar surface area (TPSA) is 49.9 Å². The number of rotatable bonds is 4. The number of ether oxygens (including phenoxy) is 1. The van der Waals surface area contributed by atoms with Gasteiger partial charge >= 0.3 is 0 Å². The summed E-state index contributed by atoms with van der Waals surface area (Å²) in [5, 5.41) is 0. The Kier molecular flexibility index (Phi) is 5.52. The van der Waals surface area contributed by atoms with Crippen molar-refractivity contribution in [2.75, 3.05) is 27.2 Å². The Balaban J connectivity index is 1.74. The fourth-order valence-corrected chi connectivity index (χ4v) is 4.94. The second-order valence-corrected chi connectivity index (χ2v) is 10.2. The van der Waals surface area contributed by atoms with Gasteiger partial charge in [-0.3, -0.25) is 9.59 Å². The number of carbonyl (C=O) groups excluding carboxylic acids is 2. The minimum absolute atomic E-state index is 0.0537. The number of Topliss-reactive ketones (excluding diaryl/α,β-unsaturated/α-hetero) is 1. The standard InChI is InChI=1S/C25H34N2O3/c1-25(2,3)17-12-10-16(11-13-17)21-20-22(28)18-8-6-7-9-19(18)30-23(20)24(29)27(21)15-14-26(4)5/h10-13,18-19,21H,6-9,14-15H2,1-5H3. The van der Waals surface area contributed by atoms with Crippen molar-refractivity contribution in [3.05, 3.63) is 46.7 Å². The van der Waals surface area contributed by atoms with E-state index in [0.29, 0.717) is 17.9 Å². The number of hydrogen-bond donors (Lipinski definition) is 0. The third kappa shape index (κ3) is 3.68. The van der Waals surface area contributed by atoms with E-state index in [1.165, 1.54) is 5.56 Å². The quantitative estimate of drug-likeness (QED) is 0.757. The summed E-state index contributed by atoms with van der Waals surface area (Å²) in [6.07, 6.45) is 3.71. The second kappa shape index (κ2) is 7.84. The molecule has 162 valence electrons. The molecule has 0 saturated heterocycles. The van der Waals surface area contributed by atoms with Gasteiger partial charge in [-0.05, 0) is 49.9 Å². The van der Waals surface area contributed by atoms with Crippen LogP contribution in [0.5, 0.6) is 0 Å². The molecule has 0 spiro atoms. The first-order valence-corrected chi connectivity index (χ1v) is 11.2. The molecule has 2 heterocycles. The molecule has 1 amide bonds. The van der Waals surface area contributed by atoms with Crippen LogP contribution < -0.4 is 0 Å². The molecule has 0 bridgehead atoms. The maximum Gasteiger partial charge on any atom is 0.290 e. The number of likely N-dealkylation sites (N-methyl/N-ethyl adjacent to an activating group) is 1. The highest BCUT2D eigenvalue weighted by Crippen LogP contribution is 2.46. The molecule has 1 saturated carbocycles.